The van der Waals surface area contributed by atoms with E-state index in [0.717, 1.165) is 21.8 Å². The zero-order valence-corrected chi connectivity index (χ0v) is 14.9. The molecule has 4 aromatic rings. The largest absolute Gasteiger partial charge is 0.483 e. The molecule has 2 heterocycles. The van der Waals surface area contributed by atoms with Crippen LogP contribution >= 0.6 is 11.3 Å². The lowest BCUT2D eigenvalue weighted by Gasteiger charge is -2.07. The maximum Gasteiger partial charge on any atom is 0.264 e. The van der Waals surface area contributed by atoms with Crippen molar-refractivity contribution in [1.82, 2.24) is 14.6 Å². The van der Waals surface area contributed by atoms with Gasteiger partial charge in [0.1, 0.15) is 5.75 Å². The van der Waals surface area contributed by atoms with Crippen molar-refractivity contribution in [3.8, 4) is 17.0 Å². The molecule has 0 fully saturated rings. The molecule has 0 saturated carbocycles. The Kier molecular flexibility index (Phi) is 4.37. The zero-order valence-electron chi connectivity index (χ0n) is 14.0. The van der Waals surface area contributed by atoms with E-state index in [1.807, 2.05) is 66.9 Å². The van der Waals surface area contributed by atoms with Crippen LogP contribution in [0.15, 0.2) is 60.0 Å². The number of benzene rings is 2. The van der Waals surface area contributed by atoms with Gasteiger partial charge >= 0.3 is 0 Å². The number of rotatable bonds is 5. The van der Waals surface area contributed by atoms with E-state index < -0.39 is 0 Å². The number of fused-ring (bicyclic) bond motifs is 1. The summed E-state index contributed by atoms with van der Waals surface area (Å²) in [6, 6.07) is 17.5. The summed E-state index contributed by atoms with van der Waals surface area (Å²) in [7, 11) is 0. The smallest absolute Gasteiger partial charge is 0.264 e. The first-order valence-electron chi connectivity index (χ1n) is 8.09. The van der Waals surface area contributed by atoms with Gasteiger partial charge < -0.3 is 4.74 Å². The molecule has 7 heteroatoms. The van der Waals surface area contributed by atoms with E-state index in [0.29, 0.717) is 5.75 Å². The monoisotopic (exact) mass is 364 g/mol. The predicted molar refractivity (Wildman–Crippen MR) is 102 cm³/mol. The minimum absolute atomic E-state index is 0.0940. The topological polar surface area (TPSA) is 68.5 Å². The van der Waals surface area contributed by atoms with Crippen LogP contribution in [-0.4, -0.2) is 27.1 Å². The molecule has 0 radical (unpaired) electrons. The average molecular weight is 364 g/mol. The molecule has 6 nitrogen and oxygen atoms in total. The summed E-state index contributed by atoms with van der Waals surface area (Å²) in [5, 5.41) is 9.07. The standard InChI is InChI=1S/C19H16N4O2S/c1-13-7-5-6-10-16(13)25-11-17(24)20-18-21-19-23(22-18)15(12-26-19)14-8-3-2-4-9-14/h2-10,12H,11H2,1H3,(H,20,22,24). The van der Waals surface area contributed by atoms with Crippen LogP contribution in [0, 0.1) is 6.92 Å². The summed E-state index contributed by atoms with van der Waals surface area (Å²) in [4.78, 5) is 17.2. The number of amides is 1. The lowest BCUT2D eigenvalue weighted by atomic mass is 10.2. The van der Waals surface area contributed by atoms with E-state index in [1.54, 1.807) is 4.52 Å². The molecule has 0 bridgehead atoms. The molecular formula is C19H16N4O2S. The Hall–Kier alpha value is -3.19. The van der Waals surface area contributed by atoms with Gasteiger partial charge in [-0.3, -0.25) is 10.1 Å². The summed E-state index contributed by atoms with van der Waals surface area (Å²) in [5.74, 6) is 0.660. The number of hydrogen-bond acceptors (Lipinski definition) is 5. The van der Waals surface area contributed by atoms with Gasteiger partial charge in [0.05, 0.1) is 5.69 Å². The zero-order chi connectivity index (χ0) is 17.9. The van der Waals surface area contributed by atoms with Crippen molar-refractivity contribution in [3.63, 3.8) is 0 Å². The van der Waals surface area contributed by atoms with Crippen LogP contribution in [0.3, 0.4) is 0 Å². The maximum atomic E-state index is 12.1. The van der Waals surface area contributed by atoms with Crippen molar-refractivity contribution in [1.29, 1.82) is 0 Å². The molecule has 26 heavy (non-hydrogen) atoms. The number of thiazole rings is 1. The molecule has 0 atom stereocenters. The van der Waals surface area contributed by atoms with Crippen LogP contribution in [0.2, 0.25) is 0 Å². The number of para-hydroxylation sites is 1. The minimum Gasteiger partial charge on any atom is -0.483 e. The highest BCUT2D eigenvalue weighted by Crippen LogP contribution is 2.25. The number of nitrogens with one attached hydrogen (secondary N) is 1. The first kappa shape index (κ1) is 16.3. The second kappa shape index (κ2) is 6.97. The van der Waals surface area contributed by atoms with E-state index in [2.05, 4.69) is 15.4 Å². The molecule has 2 aromatic heterocycles. The number of ether oxygens (including phenoxy) is 1. The predicted octanol–water partition coefficient (Wildman–Crippen LogP) is 3.78. The van der Waals surface area contributed by atoms with E-state index in [4.69, 9.17) is 4.74 Å². The summed E-state index contributed by atoms with van der Waals surface area (Å²) in [5.41, 5.74) is 2.97. The Bertz CT molecular complexity index is 1060. The Morgan fingerprint density at radius 1 is 1.15 bits per heavy atom. The quantitative estimate of drug-likeness (QED) is 0.585. The molecule has 0 saturated heterocycles. The van der Waals surface area contributed by atoms with E-state index >= 15 is 0 Å². The van der Waals surface area contributed by atoms with Crippen molar-refractivity contribution in [3.05, 3.63) is 65.5 Å². The van der Waals surface area contributed by atoms with Crippen molar-refractivity contribution < 1.29 is 9.53 Å². The van der Waals surface area contributed by atoms with Crippen molar-refractivity contribution >= 4 is 28.2 Å². The highest BCUT2D eigenvalue weighted by molar-refractivity contribution is 7.15. The lowest BCUT2D eigenvalue weighted by molar-refractivity contribution is -0.118. The molecule has 130 valence electrons. The molecule has 1 amide bonds. The van der Waals surface area contributed by atoms with E-state index in [1.165, 1.54) is 11.3 Å². The van der Waals surface area contributed by atoms with Crippen molar-refractivity contribution in [2.45, 2.75) is 6.92 Å². The van der Waals surface area contributed by atoms with Crippen molar-refractivity contribution in [2.24, 2.45) is 0 Å². The number of carbonyl (C=O) groups excluding carboxylic acids is 1. The third-order valence-corrected chi connectivity index (χ3v) is 4.67. The maximum absolute atomic E-state index is 12.1. The van der Waals surface area contributed by atoms with Gasteiger partial charge in [-0.1, -0.05) is 48.5 Å². The van der Waals surface area contributed by atoms with Gasteiger partial charge in [0.15, 0.2) is 6.61 Å². The Morgan fingerprint density at radius 3 is 2.73 bits per heavy atom. The molecule has 0 aliphatic rings. The van der Waals surface area contributed by atoms with Gasteiger partial charge in [0.2, 0.25) is 4.96 Å². The third-order valence-electron chi connectivity index (χ3n) is 3.85. The van der Waals surface area contributed by atoms with Gasteiger partial charge in [0, 0.05) is 10.9 Å². The molecule has 0 aliphatic heterocycles. The Balaban J connectivity index is 1.47. The fraction of sp³-hybridized carbons (Fsp3) is 0.105. The highest BCUT2D eigenvalue weighted by Gasteiger charge is 2.13. The fourth-order valence-corrected chi connectivity index (χ4v) is 3.40. The summed E-state index contributed by atoms with van der Waals surface area (Å²) < 4.78 is 7.28. The summed E-state index contributed by atoms with van der Waals surface area (Å²) in [6.45, 7) is 1.84. The Labute approximate surface area is 154 Å². The van der Waals surface area contributed by atoms with Crippen LogP contribution in [0.25, 0.3) is 16.2 Å². The van der Waals surface area contributed by atoms with Crippen molar-refractivity contribution in [2.75, 3.05) is 11.9 Å². The van der Waals surface area contributed by atoms with Crippen LogP contribution in [0.5, 0.6) is 5.75 Å². The van der Waals surface area contributed by atoms with Gasteiger partial charge in [-0.15, -0.1) is 16.4 Å². The number of aryl methyl sites for hydroxylation is 1. The van der Waals surface area contributed by atoms with Gasteiger partial charge in [-0.25, -0.2) is 4.52 Å². The molecule has 4 rings (SSSR count). The molecular weight excluding hydrogens is 348 g/mol. The molecule has 0 unspecified atom stereocenters. The third kappa shape index (κ3) is 3.29. The van der Waals surface area contributed by atoms with Gasteiger partial charge in [-0.2, -0.15) is 4.98 Å². The lowest BCUT2D eigenvalue weighted by Crippen LogP contribution is -2.21. The van der Waals surface area contributed by atoms with Gasteiger partial charge in [0.25, 0.3) is 11.9 Å². The van der Waals surface area contributed by atoms with Crippen LogP contribution < -0.4 is 10.1 Å². The first-order chi connectivity index (χ1) is 12.7. The van der Waals surface area contributed by atoms with E-state index in [9.17, 15) is 4.79 Å². The highest BCUT2D eigenvalue weighted by atomic mass is 32.1. The van der Waals surface area contributed by atoms with Crippen LogP contribution in [0.4, 0.5) is 5.95 Å². The number of nitrogens with zero attached hydrogens (tertiary/aromatic N) is 3. The van der Waals surface area contributed by atoms with Crippen LogP contribution in [-0.2, 0) is 4.79 Å². The van der Waals surface area contributed by atoms with E-state index in [-0.39, 0.29) is 18.5 Å². The molecule has 1 N–H and O–H groups in total. The van der Waals surface area contributed by atoms with Gasteiger partial charge in [-0.05, 0) is 18.6 Å². The molecule has 0 spiro atoms. The SMILES string of the molecule is Cc1ccccc1OCC(=O)Nc1nc2scc(-c3ccccc3)n2n1. The molecule has 2 aromatic carbocycles. The first-order valence-corrected chi connectivity index (χ1v) is 8.96. The number of carbonyl (C=O) groups is 1. The van der Waals surface area contributed by atoms with Crippen LogP contribution in [0.1, 0.15) is 5.56 Å². The number of aromatic nitrogens is 3. The summed E-state index contributed by atoms with van der Waals surface area (Å²) in [6.07, 6.45) is 0. The number of anilines is 1. The number of hydrogen-bond donors (Lipinski definition) is 1. The minimum atomic E-state index is -0.298. The molecule has 0 aliphatic carbocycles. The summed E-state index contributed by atoms with van der Waals surface area (Å²) >= 11 is 1.48. The average Bonchev–Trinajstić information content (AvgIpc) is 3.22. The normalized spacial score (nSPS) is 10.8. The fourth-order valence-electron chi connectivity index (χ4n) is 2.56. The second-order valence-corrected chi connectivity index (χ2v) is 6.56. The second-order valence-electron chi connectivity index (χ2n) is 5.72. The Morgan fingerprint density at radius 2 is 1.92 bits per heavy atom.